The molecular weight excluding hydrogens is 468 g/mol. The lowest BCUT2D eigenvalue weighted by atomic mass is 9.94. The second-order valence-electron chi connectivity index (χ2n) is 8.53. The summed E-state index contributed by atoms with van der Waals surface area (Å²) in [6.07, 6.45) is 0. The largest absolute Gasteiger partial charge is 0.480 e. The Labute approximate surface area is 207 Å². The van der Waals surface area contributed by atoms with Gasteiger partial charge in [-0.15, -0.1) is 0 Å². The molecule has 0 radical (unpaired) electrons. The number of aliphatic carboxylic acids is 1. The summed E-state index contributed by atoms with van der Waals surface area (Å²) in [7, 11) is 3.08. The average Bonchev–Trinajstić information content (AvgIpc) is 3.32. The summed E-state index contributed by atoms with van der Waals surface area (Å²) in [6.45, 7) is 1.87. The summed E-state index contributed by atoms with van der Waals surface area (Å²) >= 11 is 0. The average molecular weight is 494 g/mol. The van der Waals surface area contributed by atoms with Gasteiger partial charge in [0.1, 0.15) is 11.6 Å². The quantitative estimate of drug-likeness (QED) is 0.338. The number of nitrogens with zero attached hydrogens (tertiary/aromatic N) is 3. The van der Waals surface area contributed by atoms with Crippen molar-refractivity contribution in [1.82, 2.24) is 15.0 Å². The van der Waals surface area contributed by atoms with Crippen LogP contribution in [0.25, 0.3) is 34.0 Å². The monoisotopic (exact) mass is 493 g/mol. The molecule has 1 aromatic heterocycles. The minimum Gasteiger partial charge on any atom is -0.480 e. The predicted octanol–water partition coefficient (Wildman–Crippen LogP) is 5.32. The third kappa shape index (κ3) is 5.48. The lowest BCUT2D eigenvalue weighted by Gasteiger charge is -2.15. The van der Waals surface area contributed by atoms with Gasteiger partial charge >= 0.3 is 5.97 Å². The van der Waals surface area contributed by atoms with E-state index in [0.29, 0.717) is 12.2 Å². The van der Waals surface area contributed by atoms with Crippen molar-refractivity contribution < 1.29 is 27.9 Å². The maximum atomic E-state index is 14.7. The van der Waals surface area contributed by atoms with Gasteiger partial charge in [0.25, 0.3) is 5.89 Å². The van der Waals surface area contributed by atoms with Crippen molar-refractivity contribution in [1.29, 1.82) is 0 Å². The van der Waals surface area contributed by atoms with Gasteiger partial charge in [-0.2, -0.15) is 4.98 Å². The van der Waals surface area contributed by atoms with Crippen molar-refractivity contribution in [3.8, 4) is 34.0 Å². The molecule has 3 aromatic carbocycles. The lowest BCUT2D eigenvalue weighted by molar-refractivity contribution is -0.138. The highest BCUT2D eigenvalue weighted by molar-refractivity contribution is 5.74. The smallest absolute Gasteiger partial charge is 0.317 e. The molecule has 0 spiro atoms. The number of aryl methyl sites for hydroxylation is 1. The number of hydrogen-bond acceptors (Lipinski definition) is 6. The summed E-state index contributed by atoms with van der Waals surface area (Å²) in [5.74, 6) is -2.50. The summed E-state index contributed by atoms with van der Waals surface area (Å²) in [6, 6.07) is 16.0. The molecule has 0 saturated carbocycles. The molecule has 1 N–H and O–H groups in total. The van der Waals surface area contributed by atoms with E-state index in [1.807, 2.05) is 49.4 Å². The number of carboxylic acids is 1. The molecule has 0 atom stereocenters. The number of methoxy groups -OCH3 is 1. The Hall–Kier alpha value is -3.95. The van der Waals surface area contributed by atoms with Crippen LogP contribution in [0.4, 0.5) is 8.78 Å². The van der Waals surface area contributed by atoms with Gasteiger partial charge < -0.3 is 14.4 Å². The van der Waals surface area contributed by atoms with Crippen LogP contribution in [0.15, 0.2) is 59.1 Å². The normalized spacial score (nSPS) is 11.3. The zero-order valence-electron chi connectivity index (χ0n) is 20.1. The highest BCUT2D eigenvalue weighted by atomic mass is 19.1. The number of carboxylic acid groups (broad SMARTS) is 1. The van der Waals surface area contributed by atoms with Crippen LogP contribution in [-0.2, 0) is 22.7 Å². The van der Waals surface area contributed by atoms with Crippen molar-refractivity contribution in [2.24, 2.45) is 0 Å². The third-order valence-corrected chi connectivity index (χ3v) is 5.75. The molecule has 4 aromatic rings. The number of ether oxygens (including phenoxy) is 1. The molecule has 0 saturated heterocycles. The SMILES string of the molecule is COCc1cc(-c2nc(-c3cc(F)c(CN(C)CC(=O)O)c(F)c3)no2)ccc1-c1ccccc1C. The van der Waals surface area contributed by atoms with Crippen molar-refractivity contribution >= 4 is 5.97 Å². The van der Waals surface area contributed by atoms with Gasteiger partial charge in [-0.25, -0.2) is 8.78 Å². The summed E-state index contributed by atoms with van der Waals surface area (Å²) in [5, 5.41) is 12.8. The Kier molecular flexibility index (Phi) is 7.52. The van der Waals surface area contributed by atoms with E-state index >= 15 is 0 Å². The molecule has 0 aliphatic rings. The van der Waals surface area contributed by atoms with E-state index in [1.54, 1.807) is 7.11 Å². The number of hydrogen-bond donors (Lipinski definition) is 1. The second-order valence-corrected chi connectivity index (χ2v) is 8.53. The first-order valence-electron chi connectivity index (χ1n) is 11.2. The van der Waals surface area contributed by atoms with E-state index in [9.17, 15) is 13.6 Å². The van der Waals surface area contributed by atoms with E-state index in [0.717, 1.165) is 34.4 Å². The van der Waals surface area contributed by atoms with E-state index in [2.05, 4.69) is 10.1 Å². The molecule has 0 amide bonds. The minimum absolute atomic E-state index is 0.0320. The van der Waals surface area contributed by atoms with Crippen LogP contribution in [0.1, 0.15) is 16.7 Å². The first-order chi connectivity index (χ1) is 17.3. The Bertz CT molecular complexity index is 1380. The van der Waals surface area contributed by atoms with Gasteiger partial charge in [0.2, 0.25) is 5.82 Å². The van der Waals surface area contributed by atoms with Gasteiger partial charge in [-0.05, 0) is 60.5 Å². The number of aromatic nitrogens is 2. The lowest BCUT2D eigenvalue weighted by Crippen LogP contribution is -2.26. The molecule has 9 heteroatoms. The number of rotatable bonds is 9. The number of likely N-dealkylation sites (N-methyl/N-ethyl adjacent to an activating group) is 1. The predicted molar refractivity (Wildman–Crippen MR) is 130 cm³/mol. The standard InChI is InChI=1S/C27H25F2N3O4/c1-16-6-4-5-7-20(16)21-9-8-17(10-19(21)15-35-3)27-30-26(31-36-27)18-11-23(28)22(24(29)12-18)13-32(2)14-25(33)34/h4-12H,13-15H2,1-3H3,(H,33,34). The fourth-order valence-electron chi connectivity index (χ4n) is 4.04. The Morgan fingerprint density at radius 3 is 2.44 bits per heavy atom. The van der Waals surface area contributed by atoms with Crippen LogP contribution in [0, 0.1) is 18.6 Å². The van der Waals surface area contributed by atoms with E-state index in [1.165, 1.54) is 11.9 Å². The molecule has 0 aliphatic heterocycles. The van der Waals surface area contributed by atoms with E-state index in [-0.39, 0.29) is 35.9 Å². The van der Waals surface area contributed by atoms with Crippen molar-refractivity contribution in [3.05, 3.63) is 82.9 Å². The molecule has 1 heterocycles. The number of benzene rings is 3. The van der Waals surface area contributed by atoms with Crippen LogP contribution in [0.2, 0.25) is 0 Å². The fourth-order valence-corrected chi connectivity index (χ4v) is 4.04. The Balaban J connectivity index is 1.63. The zero-order valence-corrected chi connectivity index (χ0v) is 20.1. The van der Waals surface area contributed by atoms with Gasteiger partial charge in [0.15, 0.2) is 0 Å². The highest BCUT2D eigenvalue weighted by Gasteiger charge is 2.19. The number of carbonyl (C=O) groups is 1. The molecular formula is C27H25F2N3O4. The van der Waals surface area contributed by atoms with Crippen molar-refractivity contribution in [2.75, 3.05) is 20.7 Å². The summed E-state index contributed by atoms with van der Waals surface area (Å²) < 4.78 is 40.2. The van der Waals surface area contributed by atoms with Crippen molar-refractivity contribution in [2.45, 2.75) is 20.1 Å². The van der Waals surface area contributed by atoms with Crippen LogP contribution >= 0.6 is 0 Å². The van der Waals surface area contributed by atoms with Crippen molar-refractivity contribution in [3.63, 3.8) is 0 Å². The minimum atomic E-state index is -1.09. The first-order valence-corrected chi connectivity index (χ1v) is 11.2. The maximum absolute atomic E-state index is 14.7. The Morgan fingerprint density at radius 2 is 1.78 bits per heavy atom. The Morgan fingerprint density at radius 1 is 1.06 bits per heavy atom. The summed E-state index contributed by atoms with van der Waals surface area (Å²) in [4.78, 5) is 16.5. The van der Waals surface area contributed by atoms with Crippen LogP contribution in [-0.4, -0.2) is 46.8 Å². The number of halogens is 2. The van der Waals surface area contributed by atoms with E-state index in [4.69, 9.17) is 14.4 Å². The molecule has 0 unspecified atom stereocenters. The topological polar surface area (TPSA) is 88.7 Å². The maximum Gasteiger partial charge on any atom is 0.317 e. The van der Waals surface area contributed by atoms with Crippen LogP contribution in [0.3, 0.4) is 0 Å². The first kappa shape index (κ1) is 25.2. The van der Waals surface area contributed by atoms with E-state index < -0.39 is 17.6 Å². The molecule has 36 heavy (non-hydrogen) atoms. The molecule has 0 bridgehead atoms. The van der Waals surface area contributed by atoms with Gasteiger partial charge in [-0.1, -0.05) is 35.5 Å². The zero-order chi connectivity index (χ0) is 25.8. The molecule has 7 nitrogen and oxygen atoms in total. The third-order valence-electron chi connectivity index (χ3n) is 5.75. The molecule has 186 valence electrons. The van der Waals surface area contributed by atoms with Gasteiger partial charge in [0, 0.05) is 30.3 Å². The van der Waals surface area contributed by atoms with Crippen LogP contribution in [0.5, 0.6) is 0 Å². The fraction of sp³-hybridized carbons (Fsp3) is 0.222. The second kappa shape index (κ2) is 10.8. The highest BCUT2D eigenvalue weighted by Crippen LogP contribution is 2.32. The van der Waals surface area contributed by atoms with Gasteiger partial charge in [-0.3, -0.25) is 9.69 Å². The van der Waals surface area contributed by atoms with Crippen LogP contribution < -0.4 is 0 Å². The van der Waals surface area contributed by atoms with Gasteiger partial charge in [0.05, 0.1) is 13.2 Å². The molecule has 0 aliphatic carbocycles. The molecule has 4 rings (SSSR count). The molecule has 0 fully saturated rings. The summed E-state index contributed by atoms with van der Waals surface area (Å²) in [5.41, 5.74) is 4.68.